The third kappa shape index (κ3) is 3.44. The molecule has 0 amide bonds. The minimum atomic E-state index is -0.404. The Morgan fingerprint density at radius 3 is 1.95 bits per heavy atom. The number of hydrogen-bond donors (Lipinski definition) is 1. The lowest BCUT2D eigenvalue weighted by atomic mass is 9.63. The summed E-state index contributed by atoms with van der Waals surface area (Å²) in [6.45, 7) is 20.8. The van der Waals surface area contributed by atoms with Crippen LogP contribution in [0.5, 0.6) is 5.75 Å². The predicted molar refractivity (Wildman–Crippen MR) is 163 cm³/mol. The molecule has 6 aliphatic rings. The largest absolute Gasteiger partial charge is 0.872 e. The van der Waals surface area contributed by atoms with Crippen LogP contribution in [-0.4, -0.2) is 47.8 Å². The molecule has 0 saturated carbocycles. The van der Waals surface area contributed by atoms with Gasteiger partial charge in [0.05, 0.1) is 11.1 Å². The van der Waals surface area contributed by atoms with E-state index in [1.807, 2.05) is 12.1 Å². The molecular weight excluding hydrogens is 524 g/mol. The normalized spacial score (nSPS) is 28.3. The van der Waals surface area contributed by atoms with Crippen molar-refractivity contribution in [2.45, 2.75) is 91.9 Å². The maximum Gasteiger partial charge on any atom is 0.201 e. The van der Waals surface area contributed by atoms with E-state index < -0.39 is 5.78 Å². The van der Waals surface area contributed by atoms with Crippen molar-refractivity contribution in [3.8, 4) is 5.75 Å². The number of rotatable bonds is 1. The summed E-state index contributed by atoms with van der Waals surface area (Å²) in [5.41, 5.74) is 5.35. The average molecular weight is 568 g/mol. The molecule has 6 nitrogen and oxygen atoms in total. The molecule has 2 aliphatic carbocycles. The lowest BCUT2D eigenvalue weighted by Gasteiger charge is -2.51. The van der Waals surface area contributed by atoms with Crippen molar-refractivity contribution >= 4 is 22.8 Å². The first-order chi connectivity index (χ1) is 19.5. The quantitative estimate of drug-likeness (QED) is 0.419. The SMILES string of the molecule is CC1(C)CCN2CCC(C)(C)C3=C2C1=CC(=C1C(=O)C(c2cc4c5c(c2[O-])C(C)(C)CCN5CCC4(C)C)=C1O)C3=O. The van der Waals surface area contributed by atoms with Gasteiger partial charge in [0.25, 0.3) is 0 Å². The van der Waals surface area contributed by atoms with Gasteiger partial charge in [-0.3, -0.25) is 9.59 Å². The smallest absolute Gasteiger partial charge is 0.201 e. The van der Waals surface area contributed by atoms with E-state index in [0.29, 0.717) is 0 Å². The van der Waals surface area contributed by atoms with Crippen molar-refractivity contribution in [2.75, 3.05) is 31.1 Å². The zero-order chi connectivity index (χ0) is 30.3. The van der Waals surface area contributed by atoms with Crippen LogP contribution in [0.4, 0.5) is 5.69 Å². The molecule has 1 aromatic carbocycles. The third-order valence-corrected chi connectivity index (χ3v) is 11.4. The monoisotopic (exact) mass is 567 g/mol. The minimum Gasteiger partial charge on any atom is -0.872 e. The highest BCUT2D eigenvalue weighted by Crippen LogP contribution is 2.57. The van der Waals surface area contributed by atoms with E-state index in [-0.39, 0.29) is 61.2 Å². The van der Waals surface area contributed by atoms with Crippen LogP contribution in [0.2, 0.25) is 0 Å². The number of nitrogens with zero attached hydrogens (tertiary/aromatic N) is 2. The van der Waals surface area contributed by atoms with Crippen LogP contribution in [0, 0.1) is 10.8 Å². The number of piperidine rings is 1. The molecule has 1 saturated heterocycles. The van der Waals surface area contributed by atoms with Crippen LogP contribution in [0.1, 0.15) is 97.8 Å². The summed E-state index contributed by atoms with van der Waals surface area (Å²) in [5, 5.41) is 25.8. The van der Waals surface area contributed by atoms with Gasteiger partial charge < -0.3 is 20.0 Å². The summed E-state index contributed by atoms with van der Waals surface area (Å²) in [7, 11) is 0. The van der Waals surface area contributed by atoms with Gasteiger partial charge in [0, 0.05) is 48.7 Å². The van der Waals surface area contributed by atoms with Crippen LogP contribution >= 0.6 is 0 Å². The molecule has 0 spiro atoms. The first-order valence-corrected chi connectivity index (χ1v) is 15.6. The molecule has 1 fully saturated rings. The van der Waals surface area contributed by atoms with Crippen LogP contribution in [-0.2, 0) is 20.4 Å². The Bertz CT molecular complexity index is 1640. The van der Waals surface area contributed by atoms with Gasteiger partial charge in [-0.05, 0) is 81.7 Å². The number of hydrogen-bond acceptors (Lipinski definition) is 6. The van der Waals surface area contributed by atoms with Gasteiger partial charge >= 0.3 is 0 Å². The lowest BCUT2D eigenvalue weighted by molar-refractivity contribution is -0.270. The second-order valence-electron chi connectivity index (χ2n) is 16.0. The number of ketones is 2. The minimum absolute atomic E-state index is 0.0641. The number of carbonyl (C=O) groups excluding carboxylic acids is 2. The van der Waals surface area contributed by atoms with Crippen LogP contribution < -0.4 is 10.0 Å². The molecule has 7 rings (SSSR count). The Morgan fingerprint density at radius 2 is 1.31 bits per heavy atom. The van der Waals surface area contributed by atoms with E-state index in [0.717, 1.165) is 85.5 Å². The first-order valence-electron chi connectivity index (χ1n) is 15.6. The summed E-state index contributed by atoms with van der Waals surface area (Å²) < 4.78 is 0. The zero-order valence-corrected chi connectivity index (χ0v) is 26.4. The molecule has 1 N–H and O–H groups in total. The van der Waals surface area contributed by atoms with E-state index >= 15 is 0 Å². The second-order valence-corrected chi connectivity index (χ2v) is 16.0. The summed E-state index contributed by atoms with van der Waals surface area (Å²) >= 11 is 0. The van der Waals surface area contributed by atoms with Gasteiger partial charge in [0.1, 0.15) is 5.76 Å². The van der Waals surface area contributed by atoms with Crippen molar-refractivity contribution in [3.05, 3.63) is 62.6 Å². The van der Waals surface area contributed by atoms with E-state index in [9.17, 15) is 19.8 Å². The Labute approximate surface area is 249 Å². The molecule has 222 valence electrons. The number of benzene rings is 1. The second kappa shape index (κ2) is 8.21. The molecule has 4 heterocycles. The van der Waals surface area contributed by atoms with Crippen molar-refractivity contribution in [1.29, 1.82) is 0 Å². The Morgan fingerprint density at radius 1 is 0.738 bits per heavy atom. The molecule has 0 radical (unpaired) electrons. The van der Waals surface area contributed by atoms with Crippen molar-refractivity contribution in [3.63, 3.8) is 0 Å². The molecule has 0 bridgehead atoms. The standard InChI is InChI=1S/C36H44N2O4/c1-33(2)9-13-37-15-11-35(5,6)25-27(37)21(33)17-19(29(25)39)23-31(41)24(32(23)42)20-18-22-28-26(30(20)40)36(7,8)12-16-38(28)14-10-34(22,3)4/h17-18,39,41H,9-16H2,1-8H3/p-1. The topological polar surface area (TPSA) is 83.9 Å². The summed E-state index contributed by atoms with van der Waals surface area (Å²) in [4.78, 5) is 32.9. The highest BCUT2D eigenvalue weighted by Gasteiger charge is 2.50. The van der Waals surface area contributed by atoms with Gasteiger partial charge in [-0.25, -0.2) is 0 Å². The maximum absolute atomic E-state index is 14.2. The molecule has 0 atom stereocenters. The molecule has 6 heteroatoms. The average Bonchev–Trinajstić information content (AvgIpc) is 2.88. The van der Waals surface area contributed by atoms with Crippen molar-refractivity contribution in [1.82, 2.24) is 4.90 Å². The van der Waals surface area contributed by atoms with Crippen molar-refractivity contribution in [2.24, 2.45) is 10.8 Å². The fraction of sp³-hybridized carbons (Fsp3) is 0.556. The van der Waals surface area contributed by atoms with E-state index in [1.165, 1.54) is 0 Å². The summed E-state index contributed by atoms with van der Waals surface area (Å²) in [5.74, 6) is -0.961. The number of carbonyl (C=O) groups is 2. The highest BCUT2D eigenvalue weighted by atomic mass is 16.3. The molecule has 0 unspecified atom stereocenters. The number of aliphatic hydroxyl groups is 1. The number of anilines is 1. The van der Waals surface area contributed by atoms with E-state index in [1.54, 1.807) is 0 Å². The molecule has 4 aliphatic heterocycles. The van der Waals surface area contributed by atoms with Gasteiger partial charge in [-0.15, -0.1) is 0 Å². The third-order valence-electron chi connectivity index (χ3n) is 11.4. The van der Waals surface area contributed by atoms with E-state index in [2.05, 4.69) is 65.2 Å². The fourth-order valence-corrected chi connectivity index (χ4v) is 8.38. The van der Waals surface area contributed by atoms with Crippen LogP contribution in [0.15, 0.2) is 45.9 Å². The first kappa shape index (κ1) is 27.5. The van der Waals surface area contributed by atoms with Gasteiger partial charge in [-0.2, -0.15) is 0 Å². The van der Waals surface area contributed by atoms with E-state index in [4.69, 9.17) is 0 Å². The summed E-state index contributed by atoms with van der Waals surface area (Å²) in [6.07, 6.45) is 5.49. The molecule has 42 heavy (non-hydrogen) atoms. The van der Waals surface area contributed by atoms with Gasteiger partial charge in [0.2, 0.25) is 5.78 Å². The predicted octanol–water partition coefficient (Wildman–Crippen LogP) is 6.00. The highest BCUT2D eigenvalue weighted by molar-refractivity contribution is 6.41. The maximum atomic E-state index is 14.2. The molecule has 0 aromatic heterocycles. The zero-order valence-electron chi connectivity index (χ0n) is 26.4. The number of Topliss-reactive ketones (excluding diaryl/α,β-unsaturated/α-hetero) is 2. The molecular formula is C36H43N2O4-. The number of allylic oxidation sites excluding steroid dienone is 6. The Kier molecular flexibility index (Phi) is 5.38. The lowest BCUT2D eigenvalue weighted by Crippen LogP contribution is -2.48. The summed E-state index contributed by atoms with van der Waals surface area (Å²) in [6, 6.07) is 1.87. The number of aliphatic hydroxyl groups excluding tert-OH is 1. The molecule has 1 aromatic rings. The van der Waals surface area contributed by atoms with Crippen LogP contribution in [0.3, 0.4) is 0 Å². The van der Waals surface area contributed by atoms with Crippen LogP contribution in [0.25, 0.3) is 5.57 Å². The van der Waals surface area contributed by atoms with Gasteiger partial charge in [0.15, 0.2) is 5.78 Å². The fourth-order valence-electron chi connectivity index (χ4n) is 8.38. The Hall–Kier alpha value is -3.28. The Balaban J connectivity index is 1.44. The van der Waals surface area contributed by atoms with Gasteiger partial charge in [-0.1, -0.05) is 61.1 Å². The van der Waals surface area contributed by atoms with Crippen molar-refractivity contribution < 1.29 is 19.8 Å².